The van der Waals surface area contributed by atoms with E-state index in [1.807, 2.05) is 48.5 Å². The second-order valence-corrected chi connectivity index (χ2v) is 8.33. The topological polar surface area (TPSA) is 127 Å². The van der Waals surface area contributed by atoms with E-state index in [-0.39, 0.29) is 12.5 Å². The predicted molar refractivity (Wildman–Crippen MR) is 96.7 cm³/mol. The van der Waals surface area contributed by atoms with E-state index in [0.717, 1.165) is 22.3 Å². The number of carbonyl (C=O) groups is 3. The fourth-order valence-corrected chi connectivity index (χ4v) is 4.64. The Hall–Kier alpha value is -3.04. The van der Waals surface area contributed by atoms with Crippen molar-refractivity contribution in [3.63, 3.8) is 0 Å². The van der Waals surface area contributed by atoms with E-state index in [1.54, 1.807) is 5.32 Å². The lowest BCUT2D eigenvalue weighted by atomic mass is 9.98. The van der Waals surface area contributed by atoms with Gasteiger partial charge in [-0.25, -0.2) is 4.79 Å². The van der Waals surface area contributed by atoms with Gasteiger partial charge < -0.3 is 4.74 Å². The number of imide groups is 1. The van der Waals surface area contributed by atoms with E-state index < -0.39 is 39.1 Å². The second kappa shape index (κ2) is 6.25. The number of rotatable bonds is 4. The number of fused-ring (bicyclic) bond motifs is 3. The van der Waals surface area contributed by atoms with Gasteiger partial charge in [-0.05, 0) is 22.3 Å². The average molecular weight is 401 g/mol. The van der Waals surface area contributed by atoms with Gasteiger partial charge in [0.1, 0.15) is 6.61 Å². The fourth-order valence-electron chi connectivity index (χ4n) is 3.77. The number of amides is 2. The largest absolute Gasteiger partial charge is 0.463 e. The zero-order chi connectivity index (χ0) is 20.1. The lowest BCUT2D eigenvalue weighted by molar-refractivity contribution is -0.150. The van der Waals surface area contributed by atoms with Crippen LogP contribution in [0, 0.1) is 0 Å². The van der Waals surface area contributed by atoms with Gasteiger partial charge in [-0.1, -0.05) is 48.5 Å². The summed E-state index contributed by atoms with van der Waals surface area (Å²) in [6.45, 7) is -0.244. The molecule has 1 heterocycles. The van der Waals surface area contributed by atoms with Crippen LogP contribution in [0.5, 0.6) is 0 Å². The summed E-state index contributed by atoms with van der Waals surface area (Å²) in [5, 5.41) is 1.74. The molecule has 1 saturated heterocycles. The first-order valence-corrected chi connectivity index (χ1v) is 9.86. The highest BCUT2D eigenvalue weighted by Gasteiger charge is 2.64. The van der Waals surface area contributed by atoms with Gasteiger partial charge in [0.25, 0.3) is 20.8 Å². The zero-order valence-corrected chi connectivity index (χ0v) is 15.2. The Morgan fingerprint density at radius 2 is 1.61 bits per heavy atom. The first-order valence-electron chi connectivity index (χ1n) is 8.42. The molecule has 1 aliphatic heterocycles. The molecular formula is C19H15NO7S. The molecule has 2 aromatic carbocycles. The zero-order valence-electron chi connectivity index (χ0n) is 14.4. The standard InChI is InChI=1S/C19H15NO7S/c21-16-9-19(17(22)20-16,28(24,25)26)18(23)27-10-15-13-7-3-1-5-11(13)12-6-2-4-8-14(12)15/h1-8,15H,9-10H2,(H,20,21,22)(H,24,25,26). The van der Waals surface area contributed by atoms with Gasteiger partial charge in [-0.3, -0.25) is 19.5 Å². The smallest absolute Gasteiger partial charge is 0.340 e. The molecule has 9 heteroatoms. The van der Waals surface area contributed by atoms with Crippen LogP contribution in [-0.2, 0) is 29.2 Å². The fraction of sp³-hybridized carbons (Fsp3) is 0.211. The molecule has 2 amide bonds. The third-order valence-corrected chi connectivity index (χ3v) is 6.52. The summed E-state index contributed by atoms with van der Waals surface area (Å²) in [6.07, 6.45) is -1.01. The quantitative estimate of drug-likeness (QED) is 0.339. The number of hydrogen-bond acceptors (Lipinski definition) is 6. The van der Waals surface area contributed by atoms with Crippen LogP contribution in [0.2, 0.25) is 0 Å². The van der Waals surface area contributed by atoms with Crippen molar-refractivity contribution in [3.8, 4) is 11.1 Å². The number of nitrogens with one attached hydrogen (secondary N) is 1. The maximum atomic E-state index is 12.6. The van der Waals surface area contributed by atoms with Crippen molar-refractivity contribution in [1.29, 1.82) is 0 Å². The average Bonchev–Trinajstić information content (AvgIpc) is 3.14. The molecule has 0 saturated carbocycles. The van der Waals surface area contributed by atoms with Crippen molar-refractivity contribution in [3.05, 3.63) is 59.7 Å². The summed E-state index contributed by atoms with van der Waals surface area (Å²) in [6, 6.07) is 15.0. The van der Waals surface area contributed by atoms with Crippen LogP contribution in [0.15, 0.2) is 48.5 Å². The molecule has 1 fully saturated rings. The van der Waals surface area contributed by atoms with E-state index in [0.29, 0.717) is 0 Å². The molecule has 0 radical (unpaired) electrons. The molecule has 0 aromatic heterocycles. The van der Waals surface area contributed by atoms with Crippen LogP contribution in [0.4, 0.5) is 0 Å². The molecule has 8 nitrogen and oxygen atoms in total. The SMILES string of the molecule is O=C1CC(C(=O)OCC2c3ccccc3-c3ccccc32)(S(=O)(=O)O)C(=O)N1. The lowest BCUT2D eigenvalue weighted by Gasteiger charge is -2.21. The van der Waals surface area contributed by atoms with Gasteiger partial charge in [0.15, 0.2) is 0 Å². The van der Waals surface area contributed by atoms with Crippen LogP contribution < -0.4 is 5.32 Å². The van der Waals surface area contributed by atoms with E-state index >= 15 is 0 Å². The number of benzene rings is 2. The Balaban J connectivity index is 1.65. The Kier molecular flexibility index (Phi) is 4.09. The molecule has 2 aromatic rings. The monoisotopic (exact) mass is 401 g/mol. The second-order valence-electron chi connectivity index (χ2n) is 6.68. The molecule has 1 unspecified atom stereocenters. The molecule has 4 rings (SSSR count). The molecular weight excluding hydrogens is 386 g/mol. The number of carbonyl (C=O) groups excluding carboxylic acids is 3. The summed E-state index contributed by atoms with van der Waals surface area (Å²) >= 11 is 0. The van der Waals surface area contributed by atoms with Crippen molar-refractivity contribution >= 4 is 27.9 Å². The van der Waals surface area contributed by atoms with Crippen molar-refractivity contribution in [2.24, 2.45) is 0 Å². The summed E-state index contributed by atoms with van der Waals surface area (Å²) in [4.78, 5) is 36.1. The van der Waals surface area contributed by atoms with Crippen LogP contribution in [0.25, 0.3) is 11.1 Å². The highest BCUT2D eigenvalue weighted by atomic mass is 32.2. The van der Waals surface area contributed by atoms with Gasteiger partial charge in [0, 0.05) is 5.92 Å². The van der Waals surface area contributed by atoms with Crippen molar-refractivity contribution < 1.29 is 32.1 Å². The summed E-state index contributed by atoms with van der Waals surface area (Å²) in [5.41, 5.74) is 3.73. The minimum Gasteiger partial charge on any atom is -0.463 e. The lowest BCUT2D eigenvalue weighted by Crippen LogP contribution is -2.53. The van der Waals surface area contributed by atoms with Crippen LogP contribution in [0.1, 0.15) is 23.5 Å². The first kappa shape index (κ1) is 18.3. The highest BCUT2D eigenvalue weighted by Crippen LogP contribution is 2.44. The Morgan fingerprint density at radius 3 is 2.07 bits per heavy atom. The minimum atomic E-state index is -5.22. The normalized spacial score (nSPS) is 21.2. The van der Waals surface area contributed by atoms with Gasteiger partial charge in [-0.15, -0.1) is 0 Å². The molecule has 144 valence electrons. The van der Waals surface area contributed by atoms with Gasteiger partial charge in [-0.2, -0.15) is 8.42 Å². The van der Waals surface area contributed by atoms with Crippen LogP contribution >= 0.6 is 0 Å². The van der Waals surface area contributed by atoms with Crippen molar-refractivity contribution in [1.82, 2.24) is 5.32 Å². The van der Waals surface area contributed by atoms with E-state index in [1.165, 1.54) is 0 Å². The number of ether oxygens (including phenoxy) is 1. The van der Waals surface area contributed by atoms with Gasteiger partial charge in [0.05, 0.1) is 6.42 Å². The molecule has 0 bridgehead atoms. The molecule has 1 aliphatic carbocycles. The van der Waals surface area contributed by atoms with Crippen molar-refractivity contribution in [2.75, 3.05) is 6.61 Å². The van der Waals surface area contributed by atoms with Crippen molar-refractivity contribution in [2.45, 2.75) is 17.1 Å². The van der Waals surface area contributed by atoms with Gasteiger partial charge >= 0.3 is 5.97 Å². The highest BCUT2D eigenvalue weighted by molar-refractivity contribution is 7.89. The first-order chi connectivity index (χ1) is 13.3. The minimum absolute atomic E-state index is 0.244. The van der Waals surface area contributed by atoms with E-state index in [2.05, 4.69) is 0 Å². The third-order valence-electron chi connectivity index (χ3n) is 5.14. The maximum absolute atomic E-state index is 12.6. The van der Waals surface area contributed by atoms with E-state index in [9.17, 15) is 27.4 Å². The Morgan fingerprint density at radius 1 is 1.07 bits per heavy atom. The summed E-state index contributed by atoms with van der Waals surface area (Å²) in [7, 11) is -5.22. The number of hydrogen-bond donors (Lipinski definition) is 2. The van der Waals surface area contributed by atoms with Crippen LogP contribution in [-0.4, -0.2) is 42.1 Å². The number of esters is 1. The molecule has 28 heavy (non-hydrogen) atoms. The van der Waals surface area contributed by atoms with Crippen LogP contribution in [0.3, 0.4) is 0 Å². The predicted octanol–water partition coefficient (Wildman–Crippen LogP) is 1.02. The molecule has 1 atom stereocenters. The third kappa shape index (κ3) is 2.54. The maximum Gasteiger partial charge on any atom is 0.340 e. The van der Waals surface area contributed by atoms with Gasteiger partial charge in [0.2, 0.25) is 5.91 Å². The summed E-state index contributed by atoms with van der Waals surface area (Å²) < 4.78 is 35.3. The molecule has 0 spiro atoms. The Bertz CT molecular complexity index is 1080. The molecule has 2 N–H and O–H groups in total. The summed E-state index contributed by atoms with van der Waals surface area (Å²) in [5.74, 6) is -4.22. The van der Waals surface area contributed by atoms with E-state index in [4.69, 9.17) is 4.74 Å². The molecule has 2 aliphatic rings. The Labute approximate surface area is 160 Å².